The first-order valence-electron chi connectivity index (χ1n) is 18.1. The van der Waals surface area contributed by atoms with Crippen LogP contribution in [0.3, 0.4) is 0 Å². The number of hydrogen-bond acceptors (Lipinski definition) is 1. The van der Waals surface area contributed by atoms with Crippen molar-refractivity contribution in [2.24, 2.45) is 0 Å². The normalized spacial score (nSPS) is 13.5. The predicted molar refractivity (Wildman–Crippen MR) is 215 cm³/mol. The highest BCUT2D eigenvalue weighted by Crippen LogP contribution is 2.64. The molecule has 12 rings (SSSR count). The van der Waals surface area contributed by atoms with Gasteiger partial charge in [-0.3, -0.25) is 0 Å². The molecule has 1 spiro atoms. The maximum absolute atomic E-state index is 5.51. The number of fused-ring (bicyclic) bond motifs is 17. The predicted octanol–water partition coefficient (Wildman–Crippen LogP) is 12.5. The molecule has 0 saturated carbocycles. The van der Waals surface area contributed by atoms with Gasteiger partial charge in [-0.2, -0.15) is 0 Å². The van der Waals surface area contributed by atoms with Gasteiger partial charge in [-0.1, -0.05) is 152 Å². The molecule has 0 fully saturated rings. The van der Waals surface area contributed by atoms with Crippen molar-refractivity contribution in [1.82, 2.24) is 9.55 Å². The van der Waals surface area contributed by atoms with Gasteiger partial charge in [0.1, 0.15) is 0 Å². The highest BCUT2D eigenvalue weighted by atomic mass is 15.0. The summed E-state index contributed by atoms with van der Waals surface area (Å²) in [5.41, 5.74) is 16.9. The molecule has 2 aliphatic rings. The van der Waals surface area contributed by atoms with Crippen molar-refractivity contribution in [3.05, 3.63) is 204 Å². The molecule has 2 aromatic heterocycles. The summed E-state index contributed by atoms with van der Waals surface area (Å²) in [6.45, 7) is 0. The standard InChI is InChI=1S/C50H30N2/c1-7-19-40-33(13-1)34-14-2-8-20-41(34)50(40)42-21-9-3-18-39(42)47-43(50)30-29-38-35-15-4-10-22-44(35)51-49(48(38)47)31-25-27-32(28-26-31)52-45-23-11-5-16-36(45)37-17-6-12-24-46(37)52/h1-30H. The SMILES string of the molecule is c1ccc2c(c1)-c1ccccc1C21c2ccccc2-c2c1ccc1c2c(-c2ccc(-n3c4ccccc4c4ccccc43)cc2)nc2ccccc21. The fraction of sp³-hybridized carbons (Fsp3) is 0.0200. The summed E-state index contributed by atoms with van der Waals surface area (Å²) in [5.74, 6) is 0. The van der Waals surface area contributed by atoms with Gasteiger partial charge >= 0.3 is 0 Å². The topological polar surface area (TPSA) is 17.8 Å². The molecule has 0 unspecified atom stereocenters. The van der Waals surface area contributed by atoms with Crippen LogP contribution in [0.15, 0.2) is 182 Å². The first kappa shape index (κ1) is 28.0. The van der Waals surface area contributed by atoms with E-state index in [1.807, 2.05) is 0 Å². The molecule has 2 aliphatic carbocycles. The van der Waals surface area contributed by atoms with Crippen molar-refractivity contribution < 1.29 is 0 Å². The summed E-state index contributed by atoms with van der Waals surface area (Å²) in [6.07, 6.45) is 0. The zero-order chi connectivity index (χ0) is 34.0. The Balaban J connectivity index is 1.17. The molecule has 0 atom stereocenters. The third kappa shape index (κ3) is 3.42. The molecule has 0 aliphatic heterocycles. The van der Waals surface area contributed by atoms with Crippen molar-refractivity contribution in [1.29, 1.82) is 0 Å². The molecular formula is C50H30N2. The Bertz CT molecular complexity index is 3030. The van der Waals surface area contributed by atoms with Gasteiger partial charge in [-0.05, 0) is 80.2 Å². The number of benzene rings is 8. The quantitative estimate of drug-likeness (QED) is 0.169. The van der Waals surface area contributed by atoms with Crippen molar-refractivity contribution in [3.8, 4) is 39.2 Å². The molecule has 2 heterocycles. The Morgan fingerprint density at radius 3 is 1.56 bits per heavy atom. The molecule has 0 saturated heterocycles. The van der Waals surface area contributed by atoms with E-state index in [-0.39, 0.29) is 0 Å². The van der Waals surface area contributed by atoms with Gasteiger partial charge in [0.15, 0.2) is 0 Å². The fourth-order valence-corrected chi connectivity index (χ4v) is 9.81. The van der Waals surface area contributed by atoms with Gasteiger partial charge in [0.2, 0.25) is 0 Å². The zero-order valence-corrected chi connectivity index (χ0v) is 28.2. The van der Waals surface area contributed by atoms with E-state index < -0.39 is 5.41 Å². The number of hydrogen-bond donors (Lipinski definition) is 0. The van der Waals surface area contributed by atoms with Crippen LogP contribution in [0.2, 0.25) is 0 Å². The van der Waals surface area contributed by atoms with Gasteiger partial charge < -0.3 is 4.57 Å². The summed E-state index contributed by atoms with van der Waals surface area (Å²) < 4.78 is 2.38. The summed E-state index contributed by atoms with van der Waals surface area (Å²) in [6, 6.07) is 67.0. The summed E-state index contributed by atoms with van der Waals surface area (Å²) in [4.78, 5) is 5.51. The second-order valence-electron chi connectivity index (χ2n) is 14.2. The average molecular weight is 659 g/mol. The van der Waals surface area contributed by atoms with Crippen LogP contribution in [0.25, 0.3) is 82.7 Å². The van der Waals surface area contributed by atoms with Crippen LogP contribution in [0.4, 0.5) is 0 Å². The van der Waals surface area contributed by atoms with E-state index in [1.165, 1.54) is 82.5 Å². The minimum atomic E-state index is -0.406. The molecule has 0 amide bonds. The number of nitrogens with zero attached hydrogens (tertiary/aromatic N) is 2. The molecule has 2 heteroatoms. The number of para-hydroxylation sites is 3. The number of pyridine rings is 1. The lowest BCUT2D eigenvalue weighted by molar-refractivity contribution is 0.794. The van der Waals surface area contributed by atoms with Crippen LogP contribution in [0.1, 0.15) is 22.3 Å². The lowest BCUT2D eigenvalue weighted by Crippen LogP contribution is -2.25. The van der Waals surface area contributed by atoms with Crippen molar-refractivity contribution in [2.45, 2.75) is 5.41 Å². The molecule has 8 aromatic carbocycles. The van der Waals surface area contributed by atoms with E-state index in [4.69, 9.17) is 4.98 Å². The molecule has 0 radical (unpaired) electrons. The van der Waals surface area contributed by atoms with E-state index in [0.717, 1.165) is 22.5 Å². The molecule has 52 heavy (non-hydrogen) atoms. The Morgan fingerprint density at radius 1 is 0.385 bits per heavy atom. The number of aromatic nitrogens is 2. The summed E-state index contributed by atoms with van der Waals surface area (Å²) >= 11 is 0. The Kier molecular flexibility index (Phi) is 5.46. The Labute approximate surface area is 300 Å². The monoisotopic (exact) mass is 658 g/mol. The molecule has 10 aromatic rings. The van der Waals surface area contributed by atoms with Gasteiger partial charge in [0.25, 0.3) is 0 Å². The molecular weight excluding hydrogens is 629 g/mol. The van der Waals surface area contributed by atoms with Gasteiger partial charge in [0, 0.05) is 32.8 Å². The van der Waals surface area contributed by atoms with Gasteiger partial charge in [0.05, 0.1) is 27.7 Å². The second-order valence-corrected chi connectivity index (χ2v) is 14.2. The minimum Gasteiger partial charge on any atom is -0.309 e. The van der Waals surface area contributed by atoms with Crippen LogP contribution in [0.5, 0.6) is 0 Å². The second kappa shape index (κ2) is 10.2. The van der Waals surface area contributed by atoms with Crippen LogP contribution in [0, 0.1) is 0 Å². The van der Waals surface area contributed by atoms with E-state index in [2.05, 4.69) is 187 Å². The minimum absolute atomic E-state index is 0.406. The highest BCUT2D eigenvalue weighted by molar-refractivity contribution is 6.19. The highest BCUT2D eigenvalue weighted by Gasteiger charge is 2.52. The van der Waals surface area contributed by atoms with E-state index in [9.17, 15) is 0 Å². The van der Waals surface area contributed by atoms with Crippen molar-refractivity contribution >= 4 is 43.5 Å². The van der Waals surface area contributed by atoms with Crippen molar-refractivity contribution in [3.63, 3.8) is 0 Å². The molecule has 0 N–H and O–H groups in total. The van der Waals surface area contributed by atoms with Gasteiger partial charge in [-0.25, -0.2) is 4.98 Å². The van der Waals surface area contributed by atoms with Crippen LogP contribution < -0.4 is 0 Å². The lowest BCUT2D eigenvalue weighted by Gasteiger charge is -2.30. The lowest BCUT2D eigenvalue weighted by atomic mass is 9.70. The maximum atomic E-state index is 5.51. The third-order valence-corrected chi connectivity index (χ3v) is 11.8. The first-order chi connectivity index (χ1) is 25.8. The fourth-order valence-electron chi connectivity index (χ4n) is 9.81. The first-order valence-corrected chi connectivity index (χ1v) is 18.1. The summed E-state index contributed by atoms with van der Waals surface area (Å²) in [5, 5.41) is 6.16. The van der Waals surface area contributed by atoms with Crippen LogP contribution in [-0.2, 0) is 5.41 Å². The van der Waals surface area contributed by atoms with E-state index in [0.29, 0.717) is 0 Å². The Morgan fingerprint density at radius 2 is 0.904 bits per heavy atom. The van der Waals surface area contributed by atoms with Crippen molar-refractivity contribution in [2.75, 3.05) is 0 Å². The zero-order valence-electron chi connectivity index (χ0n) is 28.2. The molecule has 240 valence electrons. The third-order valence-electron chi connectivity index (χ3n) is 11.8. The molecule has 0 bridgehead atoms. The maximum Gasteiger partial charge on any atom is 0.0794 e. The average Bonchev–Trinajstić information content (AvgIpc) is 3.83. The van der Waals surface area contributed by atoms with Crippen LogP contribution in [-0.4, -0.2) is 9.55 Å². The largest absolute Gasteiger partial charge is 0.309 e. The van der Waals surface area contributed by atoms with Crippen LogP contribution >= 0.6 is 0 Å². The van der Waals surface area contributed by atoms with Gasteiger partial charge in [-0.15, -0.1) is 0 Å². The Hall–Kier alpha value is -6.77. The van der Waals surface area contributed by atoms with E-state index in [1.54, 1.807) is 0 Å². The number of rotatable bonds is 2. The smallest absolute Gasteiger partial charge is 0.0794 e. The van der Waals surface area contributed by atoms with E-state index >= 15 is 0 Å². The summed E-state index contributed by atoms with van der Waals surface area (Å²) in [7, 11) is 0. The molecule has 2 nitrogen and oxygen atoms in total.